The number of fused-ring (bicyclic) bond motifs is 1. The van der Waals surface area contributed by atoms with Gasteiger partial charge in [0.05, 0.1) is 12.5 Å². The maximum atomic E-state index is 13.2. The van der Waals surface area contributed by atoms with Crippen LogP contribution in [0.3, 0.4) is 0 Å². The van der Waals surface area contributed by atoms with Gasteiger partial charge in [-0.1, -0.05) is 67.1 Å². The first-order valence-corrected chi connectivity index (χ1v) is 11.1. The van der Waals surface area contributed by atoms with Gasteiger partial charge in [-0.3, -0.25) is 9.59 Å². The Morgan fingerprint density at radius 1 is 0.967 bits per heavy atom. The van der Waals surface area contributed by atoms with Crippen LogP contribution in [0.2, 0.25) is 0 Å². The van der Waals surface area contributed by atoms with Crippen molar-refractivity contribution in [2.24, 2.45) is 0 Å². The Balaban J connectivity index is 1.34. The largest absolute Gasteiger partial charge is 0.356 e. The van der Waals surface area contributed by atoms with Crippen LogP contribution in [-0.2, 0) is 22.6 Å². The average molecular weight is 403 g/mol. The van der Waals surface area contributed by atoms with Crippen LogP contribution in [0.15, 0.2) is 71.8 Å². The van der Waals surface area contributed by atoms with Crippen molar-refractivity contribution >= 4 is 11.8 Å². The standard InChI is InChI=1S/C26H30N2O2/c29-25(27-17-9-14-20-10-3-1-4-11-20)18-23-22-15-7-8-16-24(22)28(26(23)30)19-21-12-5-2-6-13-21/h1-6,10-13,24H,7-9,14-19H2,(H,27,29). The third-order valence-corrected chi connectivity index (χ3v) is 6.20. The first-order valence-electron chi connectivity index (χ1n) is 11.1. The van der Waals surface area contributed by atoms with Crippen LogP contribution in [0.5, 0.6) is 0 Å². The highest BCUT2D eigenvalue weighted by Crippen LogP contribution is 2.38. The Labute approximate surface area is 179 Å². The summed E-state index contributed by atoms with van der Waals surface area (Å²) in [7, 11) is 0. The van der Waals surface area contributed by atoms with Gasteiger partial charge in [0.25, 0.3) is 5.91 Å². The number of nitrogens with one attached hydrogen (secondary N) is 1. The van der Waals surface area contributed by atoms with Gasteiger partial charge >= 0.3 is 0 Å². The first-order chi connectivity index (χ1) is 14.7. The molecule has 2 aliphatic rings. The summed E-state index contributed by atoms with van der Waals surface area (Å²) in [5.74, 6) is 0.0185. The summed E-state index contributed by atoms with van der Waals surface area (Å²) in [5, 5.41) is 3.02. The number of amides is 2. The molecule has 0 saturated heterocycles. The Hall–Kier alpha value is -2.88. The van der Waals surface area contributed by atoms with Crippen molar-refractivity contribution in [2.75, 3.05) is 6.54 Å². The SMILES string of the molecule is O=C(CC1=C2CCCCC2N(Cc2ccccc2)C1=O)NCCCc1ccccc1. The highest BCUT2D eigenvalue weighted by atomic mass is 16.2. The normalized spacial score (nSPS) is 18.5. The molecule has 0 aromatic heterocycles. The van der Waals surface area contributed by atoms with Crippen molar-refractivity contribution in [1.29, 1.82) is 0 Å². The van der Waals surface area contributed by atoms with Crippen LogP contribution in [0.4, 0.5) is 0 Å². The topological polar surface area (TPSA) is 49.4 Å². The highest BCUT2D eigenvalue weighted by Gasteiger charge is 2.40. The summed E-state index contributed by atoms with van der Waals surface area (Å²) >= 11 is 0. The van der Waals surface area contributed by atoms with E-state index in [1.54, 1.807) is 0 Å². The molecule has 0 bridgehead atoms. The van der Waals surface area contributed by atoms with E-state index in [-0.39, 0.29) is 24.3 Å². The van der Waals surface area contributed by atoms with Gasteiger partial charge in [0, 0.05) is 18.7 Å². The van der Waals surface area contributed by atoms with Gasteiger partial charge in [0.1, 0.15) is 0 Å². The van der Waals surface area contributed by atoms with E-state index in [9.17, 15) is 9.59 Å². The zero-order valence-electron chi connectivity index (χ0n) is 17.5. The second-order valence-electron chi connectivity index (χ2n) is 8.30. The fourth-order valence-corrected chi connectivity index (χ4v) is 4.68. The molecular formula is C26H30N2O2. The maximum Gasteiger partial charge on any atom is 0.251 e. The highest BCUT2D eigenvalue weighted by molar-refractivity contribution is 6.02. The lowest BCUT2D eigenvalue weighted by Crippen LogP contribution is -2.36. The number of rotatable bonds is 8. The van der Waals surface area contributed by atoms with Crippen LogP contribution in [0.25, 0.3) is 0 Å². The number of benzene rings is 2. The molecule has 1 aliphatic heterocycles. The molecule has 2 amide bonds. The van der Waals surface area contributed by atoms with Gasteiger partial charge in [-0.25, -0.2) is 0 Å². The fraction of sp³-hybridized carbons (Fsp3) is 0.385. The summed E-state index contributed by atoms with van der Waals surface area (Å²) in [5.41, 5.74) is 4.38. The van der Waals surface area contributed by atoms with E-state index in [2.05, 4.69) is 29.6 Å². The Morgan fingerprint density at radius 3 is 2.40 bits per heavy atom. The van der Waals surface area contributed by atoms with Crippen molar-refractivity contribution < 1.29 is 9.59 Å². The molecule has 4 nitrogen and oxygen atoms in total. The summed E-state index contributed by atoms with van der Waals surface area (Å²) in [6.45, 7) is 1.26. The maximum absolute atomic E-state index is 13.2. The number of aryl methyl sites for hydroxylation is 1. The van der Waals surface area contributed by atoms with E-state index in [4.69, 9.17) is 0 Å². The summed E-state index contributed by atoms with van der Waals surface area (Å²) in [6, 6.07) is 20.6. The van der Waals surface area contributed by atoms with Crippen LogP contribution in [0.1, 0.15) is 49.7 Å². The van der Waals surface area contributed by atoms with Gasteiger partial charge < -0.3 is 10.2 Å². The first kappa shape index (κ1) is 20.4. The molecule has 1 saturated carbocycles. The zero-order chi connectivity index (χ0) is 20.8. The number of hydrogen-bond acceptors (Lipinski definition) is 2. The fourth-order valence-electron chi connectivity index (χ4n) is 4.68. The summed E-state index contributed by atoms with van der Waals surface area (Å²) < 4.78 is 0. The van der Waals surface area contributed by atoms with Crippen molar-refractivity contribution in [3.63, 3.8) is 0 Å². The van der Waals surface area contributed by atoms with Gasteiger partial charge in [-0.15, -0.1) is 0 Å². The molecule has 2 aromatic rings. The van der Waals surface area contributed by atoms with E-state index in [0.29, 0.717) is 13.1 Å². The lowest BCUT2D eigenvalue weighted by atomic mass is 9.88. The van der Waals surface area contributed by atoms with Gasteiger partial charge in [-0.05, 0) is 48.8 Å². The molecular weight excluding hydrogens is 372 g/mol. The molecule has 1 fully saturated rings. The molecule has 1 N–H and O–H groups in total. The smallest absolute Gasteiger partial charge is 0.251 e. The number of carbonyl (C=O) groups excluding carboxylic acids is 2. The Kier molecular flexibility index (Phi) is 6.63. The minimum absolute atomic E-state index is 0.0372. The number of carbonyl (C=O) groups is 2. The van der Waals surface area contributed by atoms with Crippen LogP contribution in [0, 0.1) is 0 Å². The number of nitrogens with zero attached hydrogens (tertiary/aromatic N) is 1. The molecule has 0 radical (unpaired) electrons. The lowest BCUT2D eigenvalue weighted by Gasteiger charge is -2.30. The third kappa shape index (κ3) is 4.81. The molecule has 4 heteroatoms. The van der Waals surface area contributed by atoms with Crippen molar-refractivity contribution in [3.8, 4) is 0 Å². The Morgan fingerprint density at radius 2 is 1.67 bits per heavy atom. The van der Waals surface area contributed by atoms with E-state index < -0.39 is 0 Å². The molecule has 1 aliphatic carbocycles. The predicted octanol–water partition coefficient (Wildman–Crippen LogP) is 4.41. The van der Waals surface area contributed by atoms with Gasteiger partial charge in [0.2, 0.25) is 5.91 Å². The van der Waals surface area contributed by atoms with Crippen LogP contribution >= 0.6 is 0 Å². The molecule has 1 unspecified atom stereocenters. The summed E-state index contributed by atoms with van der Waals surface area (Å²) in [6.07, 6.45) is 6.27. The Bertz CT molecular complexity index is 905. The van der Waals surface area contributed by atoms with Gasteiger partial charge in [-0.2, -0.15) is 0 Å². The molecule has 0 spiro atoms. The number of hydrogen-bond donors (Lipinski definition) is 1. The molecule has 1 heterocycles. The van der Waals surface area contributed by atoms with Crippen LogP contribution < -0.4 is 5.32 Å². The average Bonchev–Trinajstić information content (AvgIpc) is 3.04. The van der Waals surface area contributed by atoms with E-state index >= 15 is 0 Å². The zero-order valence-corrected chi connectivity index (χ0v) is 17.5. The summed E-state index contributed by atoms with van der Waals surface area (Å²) in [4.78, 5) is 27.8. The van der Waals surface area contributed by atoms with Crippen molar-refractivity contribution in [2.45, 2.75) is 57.5 Å². The second-order valence-corrected chi connectivity index (χ2v) is 8.30. The van der Waals surface area contributed by atoms with Gasteiger partial charge in [0.15, 0.2) is 0 Å². The third-order valence-electron chi connectivity index (χ3n) is 6.20. The van der Waals surface area contributed by atoms with Crippen molar-refractivity contribution in [3.05, 3.63) is 82.9 Å². The second kappa shape index (κ2) is 9.75. The monoisotopic (exact) mass is 402 g/mol. The molecule has 4 rings (SSSR count). The van der Waals surface area contributed by atoms with E-state index in [0.717, 1.165) is 49.7 Å². The van der Waals surface area contributed by atoms with Crippen LogP contribution in [-0.4, -0.2) is 29.3 Å². The predicted molar refractivity (Wildman–Crippen MR) is 119 cm³/mol. The minimum atomic E-state index is -0.0372. The molecule has 1 atom stereocenters. The quantitative estimate of drug-likeness (QED) is 0.665. The molecule has 156 valence electrons. The molecule has 30 heavy (non-hydrogen) atoms. The minimum Gasteiger partial charge on any atom is -0.356 e. The lowest BCUT2D eigenvalue weighted by molar-refractivity contribution is -0.129. The van der Waals surface area contributed by atoms with E-state index in [1.807, 2.05) is 41.3 Å². The molecule has 2 aromatic carbocycles. The van der Waals surface area contributed by atoms with Crippen molar-refractivity contribution in [1.82, 2.24) is 10.2 Å². The van der Waals surface area contributed by atoms with E-state index in [1.165, 1.54) is 11.1 Å².